The minimum atomic E-state index is 0.163. The summed E-state index contributed by atoms with van der Waals surface area (Å²) < 4.78 is 10.4. The van der Waals surface area contributed by atoms with E-state index in [1.165, 1.54) is 5.56 Å². The second kappa shape index (κ2) is 6.87. The van der Waals surface area contributed by atoms with E-state index in [2.05, 4.69) is 55.5 Å². The number of benzene rings is 1. The molecular weight excluding hydrogens is 264 g/mol. The fourth-order valence-electron chi connectivity index (χ4n) is 2.06. The van der Waals surface area contributed by atoms with Crippen molar-refractivity contribution < 1.29 is 9.26 Å². The van der Waals surface area contributed by atoms with Gasteiger partial charge in [0.2, 0.25) is 0 Å². The van der Waals surface area contributed by atoms with Gasteiger partial charge in [0.05, 0.1) is 12.3 Å². The highest BCUT2D eigenvalue weighted by Crippen LogP contribution is 2.26. The monoisotopic (exact) mass is 288 g/mol. The van der Waals surface area contributed by atoms with Crippen molar-refractivity contribution in [2.45, 2.75) is 32.7 Å². The van der Waals surface area contributed by atoms with E-state index in [4.69, 9.17) is 9.26 Å². The Hall–Kier alpha value is -1.65. The normalized spacial score (nSPS) is 11.8. The second-order valence-electron chi connectivity index (χ2n) is 6.18. The van der Waals surface area contributed by atoms with Crippen molar-refractivity contribution in [3.63, 3.8) is 0 Å². The first-order valence-corrected chi connectivity index (χ1v) is 7.27. The van der Waals surface area contributed by atoms with E-state index < -0.39 is 0 Å². The third kappa shape index (κ3) is 4.41. The number of rotatable bonds is 6. The Morgan fingerprint density at radius 2 is 1.90 bits per heavy atom. The maximum Gasteiger partial charge on any atom is 0.167 e. The lowest BCUT2D eigenvalue weighted by atomic mass is 9.86. The summed E-state index contributed by atoms with van der Waals surface area (Å²) in [6.45, 7) is 8.81. The highest BCUT2D eigenvalue weighted by molar-refractivity contribution is 5.58. The smallest absolute Gasteiger partial charge is 0.167 e. The summed E-state index contributed by atoms with van der Waals surface area (Å²) in [5.74, 6) is 0.805. The van der Waals surface area contributed by atoms with Crippen LogP contribution >= 0.6 is 0 Å². The number of hydrogen-bond acceptors (Lipinski definition) is 4. The number of aromatic nitrogens is 1. The van der Waals surface area contributed by atoms with Crippen LogP contribution in [0.15, 0.2) is 34.9 Å². The van der Waals surface area contributed by atoms with Gasteiger partial charge in [0.15, 0.2) is 5.76 Å². The number of methoxy groups -OCH3 is 1. The molecule has 4 nitrogen and oxygen atoms in total. The number of nitrogens with zero attached hydrogens (tertiary/aromatic N) is 1. The first-order chi connectivity index (χ1) is 10.0. The molecule has 1 aromatic carbocycles. The van der Waals surface area contributed by atoms with Crippen molar-refractivity contribution in [1.29, 1.82) is 0 Å². The van der Waals surface area contributed by atoms with E-state index in [9.17, 15) is 0 Å². The lowest BCUT2D eigenvalue weighted by molar-refractivity contribution is 0.199. The fourth-order valence-corrected chi connectivity index (χ4v) is 2.06. The summed E-state index contributed by atoms with van der Waals surface area (Å²) >= 11 is 0. The van der Waals surface area contributed by atoms with Gasteiger partial charge in [-0.15, -0.1) is 0 Å². The summed E-state index contributed by atoms with van der Waals surface area (Å²) in [6, 6.07) is 10.4. The van der Waals surface area contributed by atoms with Gasteiger partial charge >= 0.3 is 0 Å². The van der Waals surface area contributed by atoms with Crippen molar-refractivity contribution >= 4 is 0 Å². The SMILES string of the molecule is COCCNCc1cc(-c2ccc(C(C)(C)C)cc2)on1. The molecule has 0 aliphatic carbocycles. The van der Waals surface area contributed by atoms with Gasteiger partial charge in [0, 0.05) is 31.8 Å². The number of hydrogen-bond donors (Lipinski definition) is 1. The molecule has 1 heterocycles. The van der Waals surface area contributed by atoms with Gasteiger partial charge in [0.25, 0.3) is 0 Å². The van der Waals surface area contributed by atoms with Crippen molar-refractivity contribution in [3.8, 4) is 11.3 Å². The van der Waals surface area contributed by atoms with Gasteiger partial charge in [-0.05, 0) is 11.0 Å². The van der Waals surface area contributed by atoms with E-state index in [0.717, 1.165) is 23.6 Å². The van der Waals surface area contributed by atoms with E-state index in [1.54, 1.807) is 7.11 Å². The predicted octanol–water partition coefficient (Wildman–Crippen LogP) is 3.38. The van der Waals surface area contributed by atoms with Crippen LogP contribution in [0.3, 0.4) is 0 Å². The standard InChI is InChI=1S/C17H24N2O2/c1-17(2,3)14-7-5-13(6-8-14)16-11-15(19-21-16)12-18-9-10-20-4/h5-8,11,18H,9-10,12H2,1-4H3. The molecule has 1 N–H and O–H groups in total. The largest absolute Gasteiger partial charge is 0.383 e. The molecule has 0 aliphatic rings. The molecule has 0 fully saturated rings. The number of ether oxygens (including phenoxy) is 1. The molecule has 0 unspecified atom stereocenters. The third-order valence-electron chi connectivity index (χ3n) is 3.38. The molecule has 4 heteroatoms. The van der Waals surface area contributed by atoms with E-state index >= 15 is 0 Å². The molecule has 0 bridgehead atoms. The zero-order valence-corrected chi connectivity index (χ0v) is 13.3. The maximum absolute atomic E-state index is 5.41. The average Bonchev–Trinajstić information content (AvgIpc) is 2.92. The molecule has 0 atom stereocenters. The third-order valence-corrected chi connectivity index (χ3v) is 3.38. The van der Waals surface area contributed by atoms with Gasteiger partial charge in [-0.1, -0.05) is 50.2 Å². The van der Waals surface area contributed by atoms with Crippen LogP contribution in [0.25, 0.3) is 11.3 Å². The first-order valence-electron chi connectivity index (χ1n) is 7.27. The van der Waals surface area contributed by atoms with Crippen LogP contribution in [0.1, 0.15) is 32.0 Å². The molecule has 114 valence electrons. The van der Waals surface area contributed by atoms with Gasteiger partial charge in [-0.2, -0.15) is 0 Å². The molecule has 2 aromatic rings. The van der Waals surface area contributed by atoms with Crippen LogP contribution in [-0.4, -0.2) is 25.4 Å². The van der Waals surface area contributed by atoms with Crippen LogP contribution in [0.5, 0.6) is 0 Å². The van der Waals surface area contributed by atoms with Gasteiger partial charge < -0.3 is 14.6 Å². The Labute approximate surface area is 126 Å². The van der Waals surface area contributed by atoms with Crippen molar-refractivity contribution in [2.24, 2.45) is 0 Å². The van der Waals surface area contributed by atoms with Crippen LogP contribution in [0.2, 0.25) is 0 Å². The molecule has 0 radical (unpaired) electrons. The van der Waals surface area contributed by atoms with Crippen LogP contribution in [0.4, 0.5) is 0 Å². The number of nitrogens with one attached hydrogen (secondary N) is 1. The lowest BCUT2D eigenvalue weighted by Gasteiger charge is -2.18. The highest BCUT2D eigenvalue weighted by Gasteiger charge is 2.14. The Morgan fingerprint density at radius 1 is 1.19 bits per heavy atom. The summed E-state index contributed by atoms with van der Waals surface area (Å²) in [5.41, 5.74) is 3.43. The lowest BCUT2D eigenvalue weighted by Crippen LogP contribution is -2.18. The molecule has 0 amide bonds. The van der Waals surface area contributed by atoms with Crippen LogP contribution < -0.4 is 5.32 Å². The van der Waals surface area contributed by atoms with E-state index in [0.29, 0.717) is 13.2 Å². The fraction of sp³-hybridized carbons (Fsp3) is 0.471. The van der Waals surface area contributed by atoms with Gasteiger partial charge in [-0.3, -0.25) is 0 Å². The molecule has 0 spiro atoms. The topological polar surface area (TPSA) is 47.3 Å². The average molecular weight is 288 g/mol. The summed E-state index contributed by atoms with van der Waals surface area (Å²) in [5, 5.41) is 7.33. The minimum Gasteiger partial charge on any atom is -0.383 e. The Kier molecular flexibility index (Phi) is 5.15. The van der Waals surface area contributed by atoms with Crippen molar-refractivity contribution in [1.82, 2.24) is 10.5 Å². The predicted molar refractivity (Wildman–Crippen MR) is 84.2 cm³/mol. The van der Waals surface area contributed by atoms with Crippen LogP contribution in [-0.2, 0) is 16.7 Å². The Balaban J connectivity index is 2.00. The molecule has 0 saturated heterocycles. The molecular formula is C17H24N2O2. The molecule has 0 aliphatic heterocycles. The molecule has 2 rings (SSSR count). The van der Waals surface area contributed by atoms with Crippen molar-refractivity contribution in [2.75, 3.05) is 20.3 Å². The maximum atomic E-state index is 5.41. The van der Waals surface area contributed by atoms with Crippen LogP contribution in [0, 0.1) is 0 Å². The molecule has 0 saturated carbocycles. The summed E-state index contributed by atoms with van der Waals surface area (Å²) in [4.78, 5) is 0. The molecule has 1 aromatic heterocycles. The quantitative estimate of drug-likeness (QED) is 0.828. The first kappa shape index (κ1) is 15.7. The van der Waals surface area contributed by atoms with E-state index in [1.807, 2.05) is 6.07 Å². The van der Waals surface area contributed by atoms with Crippen molar-refractivity contribution in [3.05, 3.63) is 41.6 Å². The minimum absolute atomic E-state index is 0.163. The zero-order chi connectivity index (χ0) is 15.3. The Bertz CT molecular complexity index is 553. The highest BCUT2D eigenvalue weighted by atomic mass is 16.5. The van der Waals surface area contributed by atoms with E-state index in [-0.39, 0.29) is 5.41 Å². The summed E-state index contributed by atoms with van der Waals surface area (Å²) in [7, 11) is 1.69. The second-order valence-corrected chi connectivity index (χ2v) is 6.18. The summed E-state index contributed by atoms with van der Waals surface area (Å²) in [6.07, 6.45) is 0. The Morgan fingerprint density at radius 3 is 2.52 bits per heavy atom. The van der Waals surface area contributed by atoms with Gasteiger partial charge in [-0.25, -0.2) is 0 Å². The van der Waals surface area contributed by atoms with Gasteiger partial charge in [0.1, 0.15) is 0 Å². The molecule has 21 heavy (non-hydrogen) atoms. The zero-order valence-electron chi connectivity index (χ0n) is 13.3.